The second-order valence-electron chi connectivity index (χ2n) is 19.0. The Kier molecular flexibility index (Phi) is 10.2. The van der Waals surface area contributed by atoms with Gasteiger partial charge in [0.25, 0.3) is 0 Å². The lowest BCUT2D eigenvalue weighted by Crippen LogP contribution is -2.27. The zero-order valence-electron chi connectivity index (χ0n) is 30.6. The van der Waals surface area contributed by atoms with Gasteiger partial charge >= 0.3 is 0 Å². The molecule has 2 nitrogen and oxygen atoms in total. The number of aromatic hydroxyl groups is 2. The van der Waals surface area contributed by atoms with Crippen LogP contribution in [0.3, 0.4) is 0 Å². The number of phenolic OH excluding ortho intramolecular Hbond substituents is 2. The largest absolute Gasteiger partial charge is 0.507 e. The maximum absolute atomic E-state index is 12.0. The van der Waals surface area contributed by atoms with E-state index in [0.717, 1.165) is 47.9 Å². The van der Waals surface area contributed by atoms with Gasteiger partial charge in [-0.3, -0.25) is 0 Å². The third-order valence-corrected chi connectivity index (χ3v) is 8.73. The predicted molar refractivity (Wildman–Crippen MR) is 185 cm³/mol. The van der Waals surface area contributed by atoms with Crippen LogP contribution in [-0.4, -0.2) is 10.2 Å². The minimum atomic E-state index is -0.224. The molecule has 2 rings (SSSR count). The van der Waals surface area contributed by atoms with Crippen LogP contribution in [0.2, 0.25) is 0 Å². The summed E-state index contributed by atoms with van der Waals surface area (Å²) in [5, 5.41) is 24.1. The van der Waals surface area contributed by atoms with Gasteiger partial charge in [0.15, 0.2) is 0 Å². The normalized spacial score (nSPS) is 14.1. The average molecular weight is 579 g/mol. The first-order chi connectivity index (χ1) is 18.6. The molecular formula is C40H66O2. The van der Waals surface area contributed by atoms with Crippen molar-refractivity contribution in [3.05, 3.63) is 57.6 Å². The van der Waals surface area contributed by atoms with Crippen molar-refractivity contribution in [1.82, 2.24) is 0 Å². The number of hydrogen-bond donors (Lipinski definition) is 2. The first-order valence-corrected chi connectivity index (χ1v) is 16.4. The van der Waals surface area contributed by atoms with E-state index in [-0.39, 0.29) is 38.4 Å². The molecule has 0 spiro atoms. The van der Waals surface area contributed by atoms with Crippen LogP contribution < -0.4 is 0 Å². The molecule has 0 saturated heterocycles. The third-order valence-electron chi connectivity index (χ3n) is 8.73. The first-order valence-electron chi connectivity index (χ1n) is 16.4. The highest BCUT2D eigenvalue weighted by Gasteiger charge is 2.35. The molecule has 0 aromatic heterocycles. The fourth-order valence-electron chi connectivity index (χ4n) is 7.39. The molecule has 0 saturated carbocycles. The van der Waals surface area contributed by atoms with Gasteiger partial charge in [0.05, 0.1) is 0 Å². The summed E-state index contributed by atoms with van der Waals surface area (Å²) in [7, 11) is 0. The molecule has 42 heavy (non-hydrogen) atoms. The Bertz CT molecular complexity index is 1140. The molecule has 238 valence electrons. The summed E-state index contributed by atoms with van der Waals surface area (Å²) in [4.78, 5) is 0. The van der Waals surface area contributed by atoms with Gasteiger partial charge in [0.2, 0.25) is 0 Å². The van der Waals surface area contributed by atoms with E-state index in [1.165, 1.54) is 11.1 Å². The highest BCUT2D eigenvalue weighted by atomic mass is 16.3. The van der Waals surface area contributed by atoms with Gasteiger partial charge in [-0.1, -0.05) is 148 Å². The summed E-state index contributed by atoms with van der Waals surface area (Å²) in [5.74, 6) is 0.646. The Labute approximate surface area is 260 Å². The lowest BCUT2D eigenvalue weighted by Gasteiger charge is -2.37. The molecule has 0 radical (unpaired) electrons. The van der Waals surface area contributed by atoms with Gasteiger partial charge < -0.3 is 10.2 Å². The third kappa shape index (κ3) is 8.79. The van der Waals surface area contributed by atoms with E-state index in [1.54, 1.807) is 0 Å². The monoisotopic (exact) mass is 579 g/mol. The maximum atomic E-state index is 12.0. The fraction of sp³-hybridized carbons (Fsp3) is 0.700. The van der Waals surface area contributed by atoms with E-state index < -0.39 is 0 Å². The standard InChI is InChI=1S/C40H66O2/c1-18-19-28(29-20-26(39(14,15)24-35(2,3)4)22-31(33(29)41)37(8,9)10)30-21-27(40(16,17)25-36(5,6)7)23-32(34(30)42)38(11,12)13/h20-23,28,41-42H,18-19,24-25H2,1-17H3. The molecule has 2 aromatic rings. The number of rotatable bonds is 8. The molecule has 2 aromatic carbocycles. The van der Waals surface area contributed by atoms with Gasteiger partial charge in [0.1, 0.15) is 11.5 Å². The van der Waals surface area contributed by atoms with Crippen molar-refractivity contribution in [2.75, 3.05) is 0 Å². The quantitative estimate of drug-likeness (QED) is 0.327. The molecular weight excluding hydrogens is 512 g/mol. The number of phenols is 2. The highest BCUT2D eigenvalue weighted by molar-refractivity contribution is 5.57. The lowest BCUT2D eigenvalue weighted by atomic mass is 9.68. The molecule has 0 fully saturated rings. The summed E-state index contributed by atoms with van der Waals surface area (Å²) < 4.78 is 0. The van der Waals surface area contributed by atoms with Crippen LogP contribution in [0.4, 0.5) is 0 Å². The van der Waals surface area contributed by atoms with Gasteiger partial charge in [-0.25, -0.2) is 0 Å². The van der Waals surface area contributed by atoms with E-state index in [4.69, 9.17) is 0 Å². The van der Waals surface area contributed by atoms with Crippen molar-refractivity contribution < 1.29 is 10.2 Å². The molecule has 0 aliphatic rings. The minimum Gasteiger partial charge on any atom is -0.507 e. The van der Waals surface area contributed by atoms with Crippen LogP contribution in [-0.2, 0) is 21.7 Å². The smallest absolute Gasteiger partial charge is 0.123 e. The second-order valence-corrected chi connectivity index (χ2v) is 19.0. The van der Waals surface area contributed by atoms with Crippen LogP contribution in [0, 0.1) is 10.8 Å². The Balaban J connectivity index is 3.04. The van der Waals surface area contributed by atoms with Crippen molar-refractivity contribution in [1.29, 1.82) is 0 Å². The van der Waals surface area contributed by atoms with Gasteiger partial charge in [0, 0.05) is 17.0 Å². The Morgan fingerprint density at radius 3 is 1.07 bits per heavy atom. The lowest BCUT2D eigenvalue weighted by molar-refractivity contribution is 0.283. The minimum absolute atomic E-state index is 0.0768. The van der Waals surface area contributed by atoms with E-state index >= 15 is 0 Å². The van der Waals surface area contributed by atoms with Crippen LogP contribution in [0.1, 0.15) is 183 Å². The molecule has 2 heteroatoms. The summed E-state index contributed by atoms with van der Waals surface area (Å²) in [6.07, 6.45) is 3.86. The van der Waals surface area contributed by atoms with Crippen LogP contribution in [0.5, 0.6) is 11.5 Å². The summed E-state index contributed by atoms with van der Waals surface area (Å²) in [6, 6.07) is 9.02. The van der Waals surface area contributed by atoms with Crippen LogP contribution in [0.15, 0.2) is 24.3 Å². The van der Waals surface area contributed by atoms with Crippen molar-refractivity contribution in [2.45, 2.75) is 171 Å². The van der Waals surface area contributed by atoms with E-state index in [2.05, 4.69) is 142 Å². The van der Waals surface area contributed by atoms with Crippen molar-refractivity contribution >= 4 is 0 Å². The second kappa shape index (κ2) is 11.9. The first kappa shape index (κ1) is 36.2. The Morgan fingerprint density at radius 1 is 0.524 bits per heavy atom. The summed E-state index contributed by atoms with van der Waals surface area (Å²) in [5.41, 5.74) is 6.11. The summed E-state index contributed by atoms with van der Waals surface area (Å²) >= 11 is 0. The molecule has 0 unspecified atom stereocenters. The predicted octanol–water partition coefficient (Wildman–Crippen LogP) is 12.1. The van der Waals surface area contributed by atoms with Crippen molar-refractivity contribution in [3.63, 3.8) is 0 Å². The Morgan fingerprint density at radius 2 is 0.833 bits per heavy atom. The van der Waals surface area contributed by atoms with Gasteiger partial charge in [-0.05, 0) is 74.0 Å². The number of benzene rings is 2. The Hall–Kier alpha value is -1.96. The molecule has 0 aliphatic carbocycles. The van der Waals surface area contributed by atoms with Crippen LogP contribution >= 0.6 is 0 Å². The van der Waals surface area contributed by atoms with E-state index in [1.807, 2.05) is 0 Å². The number of hydrogen-bond acceptors (Lipinski definition) is 2. The molecule has 0 amide bonds. The molecule has 0 bridgehead atoms. The van der Waals surface area contributed by atoms with E-state index in [0.29, 0.717) is 11.5 Å². The van der Waals surface area contributed by atoms with E-state index in [9.17, 15) is 10.2 Å². The molecule has 0 heterocycles. The summed E-state index contributed by atoms with van der Waals surface area (Å²) in [6.45, 7) is 38.5. The molecule has 0 aliphatic heterocycles. The van der Waals surface area contributed by atoms with Crippen molar-refractivity contribution in [2.24, 2.45) is 10.8 Å². The zero-order valence-corrected chi connectivity index (χ0v) is 30.6. The van der Waals surface area contributed by atoms with Gasteiger partial charge in [-0.15, -0.1) is 0 Å². The zero-order chi connectivity index (χ0) is 32.9. The van der Waals surface area contributed by atoms with Gasteiger partial charge in [-0.2, -0.15) is 0 Å². The topological polar surface area (TPSA) is 40.5 Å². The SMILES string of the molecule is CCCC(c1cc(C(C)(C)CC(C)(C)C)cc(C(C)(C)C)c1O)c1cc(C(C)(C)CC(C)(C)C)cc(C(C)(C)C)c1O. The highest BCUT2D eigenvalue weighted by Crippen LogP contribution is 2.50. The fourth-order valence-corrected chi connectivity index (χ4v) is 7.39. The molecule has 0 atom stereocenters. The average Bonchev–Trinajstić information content (AvgIpc) is 2.73. The molecule has 2 N–H and O–H groups in total. The van der Waals surface area contributed by atoms with Crippen LogP contribution in [0.25, 0.3) is 0 Å². The maximum Gasteiger partial charge on any atom is 0.123 e. The van der Waals surface area contributed by atoms with Crippen molar-refractivity contribution in [3.8, 4) is 11.5 Å².